The second-order valence-electron chi connectivity index (χ2n) is 7.13. The summed E-state index contributed by atoms with van der Waals surface area (Å²) in [6, 6.07) is 12.7. The highest BCUT2D eigenvalue weighted by molar-refractivity contribution is 6.04. The molecule has 0 aliphatic carbocycles. The maximum Gasteiger partial charge on any atom is 0.263 e. The zero-order valence-electron chi connectivity index (χ0n) is 16.3. The Bertz CT molecular complexity index is 1160. The first-order chi connectivity index (χ1) is 14.6. The number of fused-ring (bicyclic) bond motifs is 1. The molecule has 3 aromatic rings. The molecule has 8 nitrogen and oxygen atoms in total. The molecule has 2 aromatic heterocycles. The number of hydrogen-bond donors (Lipinski definition) is 1. The van der Waals surface area contributed by atoms with E-state index in [4.69, 9.17) is 5.26 Å². The van der Waals surface area contributed by atoms with E-state index in [0.717, 1.165) is 23.9 Å². The minimum absolute atomic E-state index is 0.0729. The third-order valence-corrected chi connectivity index (χ3v) is 5.19. The van der Waals surface area contributed by atoms with E-state index in [0.29, 0.717) is 24.6 Å². The summed E-state index contributed by atoms with van der Waals surface area (Å²) in [6.07, 6.45) is 4.70. The van der Waals surface area contributed by atoms with E-state index in [9.17, 15) is 9.59 Å². The van der Waals surface area contributed by atoms with E-state index in [1.54, 1.807) is 23.2 Å². The van der Waals surface area contributed by atoms with Crippen molar-refractivity contribution < 1.29 is 9.59 Å². The van der Waals surface area contributed by atoms with Crippen molar-refractivity contribution in [3.63, 3.8) is 0 Å². The van der Waals surface area contributed by atoms with Crippen LogP contribution in [0.4, 0.5) is 5.95 Å². The highest BCUT2D eigenvalue weighted by atomic mass is 16.2. The number of hydrogen-bond acceptors (Lipinski definition) is 5. The van der Waals surface area contributed by atoms with Crippen molar-refractivity contribution in [1.82, 2.24) is 19.4 Å². The van der Waals surface area contributed by atoms with Crippen LogP contribution >= 0.6 is 0 Å². The number of likely N-dealkylation sites (tertiary alicyclic amines) is 1. The fraction of sp³-hybridized carbons (Fsp3) is 0.227. The lowest BCUT2D eigenvalue weighted by Crippen LogP contribution is -2.41. The Kier molecular flexibility index (Phi) is 5.26. The Morgan fingerprint density at radius 2 is 2.07 bits per heavy atom. The minimum atomic E-state index is -0.354. The van der Waals surface area contributed by atoms with Crippen molar-refractivity contribution in [3.8, 4) is 6.07 Å². The van der Waals surface area contributed by atoms with Crippen LogP contribution in [0.15, 0.2) is 60.9 Å². The van der Waals surface area contributed by atoms with Crippen molar-refractivity contribution in [2.24, 2.45) is 0 Å². The summed E-state index contributed by atoms with van der Waals surface area (Å²) in [6.45, 7) is 4.52. The van der Waals surface area contributed by atoms with Gasteiger partial charge in [-0.15, -0.1) is 0 Å². The first-order valence-electron chi connectivity index (χ1n) is 9.65. The molecule has 1 N–H and O–H groups in total. The molecule has 1 atom stereocenters. The van der Waals surface area contributed by atoms with Crippen LogP contribution in [-0.4, -0.2) is 44.3 Å². The lowest BCUT2D eigenvalue weighted by Gasteiger charge is -2.34. The number of piperidine rings is 1. The van der Waals surface area contributed by atoms with Crippen molar-refractivity contribution >= 4 is 28.8 Å². The zero-order chi connectivity index (χ0) is 21.1. The minimum Gasteiger partial charge on any atom is -0.336 e. The van der Waals surface area contributed by atoms with Gasteiger partial charge in [-0.2, -0.15) is 5.26 Å². The van der Waals surface area contributed by atoms with Crippen molar-refractivity contribution in [1.29, 1.82) is 5.26 Å². The smallest absolute Gasteiger partial charge is 0.263 e. The van der Waals surface area contributed by atoms with Gasteiger partial charge in [-0.1, -0.05) is 18.7 Å². The van der Waals surface area contributed by atoms with Crippen molar-refractivity contribution in [3.05, 3.63) is 66.5 Å². The summed E-state index contributed by atoms with van der Waals surface area (Å²) in [7, 11) is 0. The Morgan fingerprint density at radius 1 is 1.23 bits per heavy atom. The Hall–Kier alpha value is -3.99. The molecule has 1 fully saturated rings. The van der Waals surface area contributed by atoms with Crippen LogP contribution in [0, 0.1) is 11.3 Å². The number of nitrogens with one attached hydrogen (secondary N) is 1. The number of nitriles is 1. The largest absolute Gasteiger partial charge is 0.336 e. The number of rotatable bonds is 4. The van der Waals surface area contributed by atoms with E-state index in [1.807, 2.05) is 34.9 Å². The van der Waals surface area contributed by atoms with E-state index in [2.05, 4.69) is 21.9 Å². The Balaban J connectivity index is 1.68. The van der Waals surface area contributed by atoms with Crippen LogP contribution in [0.5, 0.6) is 0 Å². The number of aromatic nitrogens is 3. The molecule has 1 unspecified atom stereocenters. The van der Waals surface area contributed by atoms with Crippen LogP contribution in [-0.2, 0) is 4.79 Å². The van der Waals surface area contributed by atoms with Gasteiger partial charge in [0.2, 0.25) is 5.95 Å². The van der Waals surface area contributed by atoms with Gasteiger partial charge in [-0.3, -0.25) is 19.9 Å². The molecule has 1 aliphatic heterocycles. The molecule has 2 amide bonds. The van der Waals surface area contributed by atoms with Crippen LogP contribution in [0.1, 0.15) is 29.2 Å². The van der Waals surface area contributed by atoms with Crippen LogP contribution in [0.2, 0.25) is 0 Å². The predicted molar refractivity (Wildman–Crippen MR) is 112 cm³/mol. The molecule has 3 heterocycles. The van der Waals surface area contributed by atoms with E-state index in [1.165, 1.54) is 6.20 Å². The topological polar surface area (TPSA) is 104 Å². The third-order valence-electron chi connectivity index (χ3n) is 5.19. The Morgan fingerprint density at radius 3 is 2.83 bits per heavy atom. The van der Waals surface area contributed by atoms with Gasteiger partial charge in [0.05, 0.1) is 22.6 Å². The fourth-order valence-electron chi connectivity index (χ4n) is 3.76. The van der Waals surface area contributed by atoms with Crippen molar-refractivity contribution in [2.45, 2.75) is 18.9 Å². The quantitative estimate of drug-likeness (QED) is 0.536. The predicted octanol–water partition coefficient (Wildman–Crippen LogP) is 2.93. The van der Waals surface area contributed by atoms with Crippen LogP contribution < -0.4 is 5.32 Å². The number of carbonyl (C=O) groups excluding carboxylic acids is 2. The highest BCUT2D eigenvalue weighted by Gasteiger charge is 2.29. The third kappa shape index (κ3) is 3.65. The van der Waals surface area contributed by atoms with E-state index < -0.39 is 0 Å². The van der Waals surface area contributed by atoms with Gasteiger partial charge in [0, 0.05) is 25.5 Å². The van der Waals surface area contributed by atoms with Gasteiger partial charge < -0.3 is 9.47 Å². The SMILES string of the molecule is C=C(C#N)C(=O)N1CCCC(n2c(NC(=O)c3cccnc3)nc3ccccc32)C1. The highest BCUT2D eigenvalue weighted by Crippen LogP contribution is 2.31. The summed E-state index contributed by atoms with van der Waals surface area (Å²) in [5, 5.41) is 11.9. The Labute approximate surface area is 173 Å². The molecule has 0 radical (unpaired) electrons. The molecule has 0 saturated carbocycles. The summed E-state index contributed by atoms with van der Waals surface area (Å²) >= 11 is 0. The van der Waals surface area contributed by atoms with Gasteiger partial charge in [0.25, 0.3) is 11.8 Å². The summed E-state index contributed by atoms with van der Waals surface area (Å²) < 4.78 is 1.97. The van der Waals surface area contributed by atoms with E-state index >= 15 is 0 Å². The maximum atomic E-state index is 12.7. The zero-order valence-corrected chi connectivity index (χ0v) is 16.3. The molecule has 4 rings (SSSR count). The van der Waals surface area contributed by atoms with Gasteiger partial charge in [-0.05, 0) is 37.1 Å². The molecular formula is C22H20N6O2. The summed E-state index contributed by atoms with van der Waals surface area (Å²) in [5.74, 6) is -0.239. The number of carbonyl (C=O) groups is 2. The van der Waals surface area contributed by atoms with Crippen LogP contribution in [0.25, 0.3) is 11.0 Å². The molecule has 30 heavy (non-hydrogen) atoms. The molecular weight excluding hydrogens is 380 g/mol. The molecule has 1 aromatic carbocycles. The second-order valence-corrected chi connectivity index (χ2v) is 7.13. The van der Waals surface area contributed by atoms with Gasteiger partial charge in [0.15, 0.2) is 0 Å². The van der Waals surface area contributed by atoms with Gasteiger partial charge >= 0.3 is 0 Å². The number of anilines is 1. The number of benzene rings is 1. The standard InChI is InChI=1S/C22H20N6O2/c1-15(12-23)21(30)27-11-5-7-17(14-27)28-19-9-3-2-8-18(19)25-22(28)26-20(29)16-6-4-10-24-13-16/h2-4,6,8-10,13,17H,1,5,7,11,14H2,(H,25,26,29). The normalized spacial score (nSPS) is 16.1. The lowest BCUT2D eigenvalue weighted by molar-refractivity contribution is -0.128. The summed E-state index contributed by atoms with van der Waals surface area (Å²) in [5.41, 5.74) is 1.99. The molecule has 1 aliphatic rings. The monoisotopic (exact) mass is 400 g/mol. The molecule has 1 saturated heterocycles. The average molecular weight is 400 g/mol. The molecule has 8 heteroatoms. The second kappa shape index (κ2) is 8.17. The number of amides is 2. The van der Waals surface area contributed by atoms with Gasteiger partial charge in [0.1, 0.15) is 11.6 Å². The van der Waals surface area contributed by atoms with Crippen LogP contribution in [0.3, 0.4) is 0 Å². The fourth-order valence-corrected chi connectivity index (χ4v) is 3.76. The molecule has 0 spiro atoms. The first-order valence-corrected chi connectivity index (χ1v) is 9.65. The number of nitrogens with zero attached hydrogens (tertiary/aromatic N) is 5. The van der Waals surface area contributed by atoms with E-state index in [-0.39, 0.29) is 23.4 Å². The molecule has 150 valence electrons. The number of imidazole rings is 1. The average Bonchev–Trinajstić information content (AvgIpc) is 3.16. The van der Waals surface area contributed by atoms with Crippen molar-refractivity contribution in [2.75, 3.05) is 18.4 Å². The number of pyridine rings is 1. The summed E-state index contributed by atoms with van der Waals surface area (Å²) in [4.78, 5) is 35.4. The first kappa shape index (κ1) is 19.3. The maximum absolute atomic E-state index is 12.7. The van der Waals surface area contributed by atoms with Gasteiger partial charge in [-0.25, -0.2) is 4.98 Å². The molecule has 0 bridgehead atoms. The lowest BCUT2D eigenvalue weighted by atomic mass is 10.0. The number of para-hydroxylation sites is 2.